The molecule has 3 aromatic rings. The number of tetrazole rings is 1. The van der Waals surface area contributed by atoms with Gasteiger partial charge in [0.15, 0.2) is 0 Å². The Hall–Kier alpha value is -2.81. The molecule has 0 atom stereocenters. The number of hydrogen-bond donors (Lipinski definition) is 0. The summed E-state index contributed by atoms with van der Waals surface area (Å²) in [6.07, 6.45) is -2.64. The summed E-state index contributed by atoms with van der Waals surface area (Å²) in [6.45, 7) is -0.172. The Morgan fingerprint density at radius 1 is 1.21 bits per heavy atom. The Labute approximate surface area is 168 Å². The van der Waals surface area contributed by atoms with Gasteiger partial charge in [0.05, 0.1) is 11.3 Å². The Kier molecular flexibility index (Phi) is 4.85. The van der Waals surface area contributed by atoms with Crippen LogP contribution in [0.3, 0.4) is 0 Å². The highest BCUT2D eigenvalue weighted by Gasteiger charge is 2.35. The predicted octanol–water partition coefficient (Wildman–Crippen LogP) is 4.09. The van der Waals surface area contributed by atoms with Crippen LogP contribution in [0.15, 0.2) is 41.2 Å². The first kappa shape index (κ1) is 19.5. The number of alkyl halides is 3. The number of ether oxygens (including phenoxy) is 1. The van der Waals surface area contributed by atoms with E-state index in [4.69, 9.17) is 16.3 Å². The van der Waals surface area contributed by atoms with Crippen molar-refractivity contribution in [3.8, 4) is 11.4 Å². The van der Waals surface area contributed by atoms with Crippen LogP contribution in [0.25, 0.3) is 5.69 Å². The zero-order valence-electron chi connectivity index (χ0n) is 15.3. The van der Waals surface area contributed by atoms with E-state index in [0.29, 0.717) is 11.3 Å². The van der Waals surface area contributed by atoms with Gasteiger partial charge in [-0.1, -0.05) is 23.7 Å². The summed E-state index contributed by atoms with van der Waals surface area (Å²) in [7, 11) is 1.47. The maximum absolute atomic E-state index is 13.3. The van der Waals surface area contributed by atoms with Crippen LogP contribution in [0.1, 0.15) is 35.4 Å². The number of halogens is 4. The van der Waals surface area contributed by atoms with Crippen LogP contribution < -0.4 is 10.4 Å². The first-order valence-electron chi connectivity index (χ1n) is 8.86. The molecule has 2 aromatic carbocycles. The second-order valence-corrected chi connectivity index (χ2v) is 7.28. The monoisotopic (exact) mass is 424 g/mol. The summed E-state index contributed by atoms with van der Waals surface area (Å²) >= 11 is 5.88. The number of aromatic nitrogens is 4. The average Bonchev–Trinajstić information content (AvgIpc) is 3.45. The fourth-order valence-corrected chi connectivity index (χ4v) is 3.35. The predicted molar refractivity (Wildman–Crippen MR) is 99.4 cm³/mol. The SMILES string of the molecule is Cn1nnn(-c2cccc(C3CC3)c2COc2cc(Cl)ccc2C(F)(F)F)c1=O. The molecule has 0 aliphatic heterocycles. The Balaban J connectivity index is 1.76. The van der Waals surface area contributed by atoms with E-state index in [1.165, 1.54) is 13.1 Å². The minimum atomic E-state index is -4.58. The standard InChI is InChI=1S/C19H16ClF3N4O2/c1-26-18(28)27(25-24-26)16-4-2-3-13(11-5-6-11)14(16)10-29-17-9-12(20)7-8-15(17)19(21,22)23/h2-4,7-9,11H,5-6,10H2,1H3. The molecule has 10 heteroatoms. The first-order valence-corrected chi connectivity index (χ1v) is 9.24. The Bertz CT molecular complexity index is 1120. The molecule has 1 aliphatic rings. The van der Waals surface area contributed by atoms with Crippen LogP contribution in [-0.2, 0) is 19.8 Å². The van der Waals surface area contributed by atoms with E-state index in [-0.39, 0.29) is 23.3 Å². The van der Waals surface area contributed by atoms with E-state index in [9.17, 15) is 18.0 Å². The lowest BCUT2D eigenvalue weighted by atomic mass is 10.0. The fraction of sp³-hybridized carbons (Fsp3) is 0.316. The molecule has 1 aromatic heterocycles. The lowest BCUT2D eigenvalue weighted by Crippen LogP contribution is -2.23. The van der Waals surface area contributed by atoms with E-state index in [1.807, 2.05) is 6.07 Å². The molecule has 0 bridgehead atoms. The van der Waals surface area contributed by atoms with Crippen molar-refractivity contribution in [2.75, 3.05) is 0 Å². The summed E-state index contributed by atoms with van der Waals surface area (Å²) in [6, 6.07) is 8.54. The summed E-state index contributed by atoms with van der Waals surface area (Å²) in [4.78, 5) is 12.3. The second-order valence-electron chi connectivity index (χ2n) is 6.84. The molecule has 0 radical (unpaired) electrons. The van der Waals surface area contributed by atoms with Gasteiger partial charge in [0.2, 0.25) is 0 Å². The van der Waals surface area contributed by atoms with Crippen molar-refractivity contribution >= 4 is 11.6 Å². The summed E-state index contributed by atoms with van der Waals surface area (Å²) in [5.74, 6) is -0.0876. The number of nitrogens with zero attached hydrogens (tertiary/aromatic N) is 4. The van der Waals surface area contributed by atoms with Crippen LogP contribution in [-0.4, -0.2) is 19.8 Å². The average molecular weight is 425 g/mol. The normalized spacial score (nSPS) is 14.2. The molecule has 1 saturated carbocycles. The van der Waals surface area contributed by atoms with Crippen LogP contribution in [0, 0.1) is 0 Å². The topological polar surface area (TPSA) is 61.9 Å². The zero-order chi connectivity index (χ0) is 20.8. The lowest BCUT2D eigenvalue weighted by molar-refractivity contribution is -0.139. The van der Waals surface area contributed by atoms with Crippen molar-refractivity contribution in [3.63, 3.8) is 0 Å². The van der Waals surface area contributed by atoms with Crippen molar-refractivity contribution in [2.45, 2.75) is 31.5 Å². The molecule has 0 unspecified atom stereocenters. The number of rotatable bonds is 5. The third-order valence-corrected chi connectivity index (χ3v) is 5.01. The molecule has 0 spiro atoms. The molecule has 6 nitrogen and oxygen atoms in total. The van der Waals surface area contributed by atoms with Crippen LogP contribution in [0.2, 0.25) is 5.02 Å². The smallest absolute Gasteiger partial charge is 0.419 e. The van der Waals surface area contributed by atoms with Crippen molar-refractivity contribution in [1.29, 1.82) is 0 Å². The fourth-order valence-electron chi connectivity index (χ4n) is 3.19. The van der Waals surface area contributed by atoms with Gasteiger partial charge in [-0.25, -0.2) is 4.79 Å². The van der Waals surface area contributed by atoms with Gasteiger partial charge in [0, 0.05) is 17.6 Å². The van der Waals surface area contributed by atoms with E-state index >= 15 is 0 Å². The van der Waals surface area contributed by atoms with Crippen molar-refractivity contribution in [1.82, 2.24) is 19.8 Å². The van der Waals surface area contributed by atoms with Crippen LogP contribution >= 0.6 is 11.6 Å². The highest BCUT2D eigenvalue weighted by atomic mass is 35.5. The zero-order valence-corrected chi connectivity index (χ0v) is 16.0. The molecular formula is C19H16ClF3N4O2. The van der Waals surface area contributed by atoms with Gasteiger partial charge < -0.3 is 4.74 Å². The van der Waals surface area contributed by atoms with Gasteiger partial charge in [-0.05, 0) is 59.0 Å². The highest BCUT2D eigenvalue weighted by Crippen LogP contribution is 2.43. The van der Waals surface area contributed by atoms with Crippen LogP contribution in [0.5, 0.6) is 5.75 Å². The third kappa shape index (κ3) is 3.87. The maximum atomic E-state index is 13.3. The van der Waals surface area contributed by atoms with Gasteiger partial charge in [0.1, 0.15) is 12.4 Å². The van der Waals surface area contributed by atoms with Crippen molar-refractivity contribution in [2.24, 2.45) is 7.05 Å². The van der Waals surface area contributed by atoms with Crippen LogP contribution in [0.4, 0.5) is 13.2 Å². The number of aryl methyl sites for hydroxylation is 1. The lowest BCUT2D eigenvalue weighted by Gasteiger charge is -2.17. The first-order chi connectivity index (χ1) is 13.8. The minimum Gasteiger partial charge on any atom is -0.488 e. The molecule has 1 fully saturated rings. The van der Waals surface area contributed by atoms with Gasteiger partial charge in [-0.2, -0.15) is 22.5 Å². The van der Waals surface area contributed by atoms with Gasteiger partial charge >= 0.3 is 11.9 Å². The molecule has 1 aliphatic carbocycles. The molecule has 29 heavy (non-hydrogen) atoms. The molecule has 4 rings (SSSR count). The Morgan fingerprint density at radius 3 is 2.59 bits per heavy atom. The number of hydrogen-bond acceptors (Lipinski definition) is 4. The van der Waals surface area contributed by atoms with Gasteiger partial charge in [0.25, 0.3) is 0 Å². The molecule has 0 saturated heterocycles. The number of benzene rings is 2. The molecule has 0 N–H and O–H groups in total. The quantitative estimate of drug-likeness (QED) is 0.618. The van der Waals surface area contributed by atoms with Crippen molar-refractivity contribution in [3.05, 3.63) is 68.6 Å². The molecular weight excluding hydrogens is 409 g/mol. The maximum Gasteiger partial charge on any atom is 0.419 e. The van der Waals surface area contributed by atoms with Gasteiger partial charge in [-0.15, -0.1) is 0 Å². The van der Waals surface area contributed by atoms with E-state index in [0.717, 1.165) is 39.9 Å². The van der Waals surface area contributed by atoms with Crippen molar-refractivity contribution < 1.29 is 17.9 Å². The molecule has 152 valence electrons. The van der Waals surface area contributed by atoms with Gasteiger partial charge in [-0.3, -0.25) is 0 Å². The third-order valence-electron chi connectivity index (χ3n) is 4.78. The Morgan fingerprint density at radius 2 is 1.97 bits per heavy atom. The summed E-state index contributed by atoms with van der Waals surface area (Å²) < 4.78 is 47.8. The molecule has 1 heterocycles. The highest BCUT2D eigenvalue weighted by molar-refractivity contribution is 6.30. The van der Waals surface area contributed by atoms with E-state index < -0.39 is 17.4 Å². The summed E-state index contributed by atoms with van der Waals surface area (Å²) in [5.41, 5.74) is 0.589. The second kappa shape index (κ2) is 7.22. The summed E-state index contributed by atoms with van der Waals surface area (Å²) in [5, 5.41) is 7.70. The minimum absolute atomic E-state index is 0.133. The van der Waals surface area contributed by atoms with E-state index in [2.05, 4.69) is 10.4 Å². The largest absolute Gasteiger partial charge is 0.488 e. The van der Waals surface area contributed by atoms with E-state index in [1.54, 1.807) is 12.1 Å². The molecule has 0 amide bonds.